The van der Waals surface area contributed by atoms with E-state index in [0.717, 1.165) is 15.9 Å². The summed E-state index contributed by atoms with van der Waals surface area (Å²) in [6, 6.07) is 18.3. The average Bonchev–Trinajstić information content (AvgIpc) is 3.34. The highest BCUT2D eigenvalue weighted by Crippen LogP contribution is 2.46. The number of nitrogens with zero attached hydrogens (tertiary/aromatic N) is 2. The topological polar surface area (TPSA) is 55.1 Å². The second-order valence-electron chi connectivity index (χ2n) is 8.00. The monoisotopic (exact) mass is 416 g/mol. The summed E-state index contributed by atoms with van der Waals surface area (Å²) in [4.78, 5) is 16.7. The van der Waals surface area contributed by atoms with Crippen molar-refractivity contribution in [3.63, 3.8) is 0 Å². The molecule has 0 atom stereocenters. The van der Waals surface area contributed by atoms with Gasteiger partial charge in [-0.15, -0.1) is 11.3 Å². The molecule has 0 aliphatic heterocycles. The largest absolute Gasteiger partial charge is 0.477 e. The van der Waals surface area contributed by atoms with Gasteiger partial charge in [-0.2, -0.15) is 0 Å². The smallest absolute Gasteiger partial charge is 0.345 e. The Morgan fingerprint density at radius 3 is 2.53 bits per heavy atom. The minimum atomic E-state index is -0.851. The van der Waals surface area contributed by atoms with Crippen LogP contribution >= 0.6 is 11.3 Å². The molecular weight excluding hydrogens is 392 g/mol. The van der Waals surface area contributed by atoms with Crippen molar-refractivity contribution in [2.75, 3.05) is 0 Å². The fourth-order valence-corrected chi connectivity index (χ4v) is 5.87. The third-order valence-corrected chi connectivity index (χ3v) is 7.24. The van der Waals surface area contributed by atoms with E-state index >= 15 is 0 Å². The first-order valence-electron chi connectivity index (χ1n) is 10.6. The number of hydrogen-bond donors (Lipinski definition) is 1. The van der Waals surface area contributed by atoms with E-state index in [1.165, 1.54) is 60.3 Å². The molecule has 0 bridgehead atoms. The second-order valence-corrected chi connectivity index (χ2v) is 9.05. The highest BCUT2D eigenvalue weighted by Gasteiger charge is 2.29. The molecule has 0 radical (unpaired) electrons. The van der Waals surface area contributed by atoms with Crippen LogP contribution in [-0.2, 0) is 6.54 Å². The lowest BCUT2D eigenvalue weighted by Crippen LogP contribution is -2.08. The van der Waals surface area contributed by atoms with Gasteiger partial charge in [0.1, 0.15) is 4.88 Å². The van der Waals surface area contributed by atoms with Crippen molar-refractivity contribution in [2.24, 2.45) is 0 Å². The Kier molecular flexibility index (Phi) is 5.13. The first-order valence-corrected chi connectivity index (χ1v) is 11.4. The van der Waals surface area contributed by atoms with E-state index in [1.54, 1.807) is 0 Å². The number of hydrogen-bond acceptors (Lipinski definition) is 3. The van der Waals surface area contributed by atoms with Gasteiger partial charge in [0.2, 0.25) is 0 Å². The first kappa shape index (κ1) is 19.1. The van der Waals surface area contributed by atoms with Crippen LogP contribution in [0.4, 0.5) is 0 Å². The molecule has 5 heteroatoms. The van der Waals surface area contributed by atoms with Crippen LogP contribution in [0.3, 0.4) is 0 Å². The summed E-state index contributed by atoms with van der Waals surface area (Å²) in [5, 5.41) is 9.66. The molecule has 30 heavy (non-hydrogen) atoms. The van der Waals surface area contributed by atoms with E-state index in [9.17, 15) is 9.90 Å². The Labute approximate surface area is 179 Å². The van der Waals surface area contributed by atoms with Crippen LogP contribution < -0.4 is 0 Å². The van der Waals surface area contributed by atoms with Crippen molar-refractivity contribution in [3.8, 4) is 11.3 Å². The number of rotatable bonds is 5. The number of aromatic carboxylic acids is 1. The lowest BCUT2D eigenvalue weighted by Gasteiger charge is -2.23. The number of fused-ring (bicyclic) bond motifs is 1. The van der Waals surface area contributed by atoms with Gasteiger partial charge in [-0.05, 0) is 48.1 Å². The SMILES string of the molecule is O=C(O)c1cc2c(s1)c(C1CCCCC1)c(-c1ccccc1)n2Cc1ccccn1. The highest BCUT2D eigenvalue weighted by atomic mass is 32.1. The predicted octanol–water partition coefficient (Wildman–Crippen LogP) is 6.56. The van der Waals surface area contributed by atoms with Crippen LogP contribution in [-0.4, -0.2) is 20.6 Å². The maximum Gasteiger partial charge on any atom is 0.345 e. The predicted molar refractivity (Wildman–Crippen MR) is 121 cm³/mol. The molecule has 1 N–H and O–H groups in total. The van der Waals surface area contributed by atoms with Gasteiger partial charge in [0.05, 0.1) is 28.1 Å². The lowest BCUT2D eigenvalue weighted by atomic mass is 9.83. The lowest BCUT2D eigenvalue weighted by molar-refractivity contribution is 0.0702. The summed E-state index contributed by atoms with van der Waals surface area (Å²) < 4.78 is 3.42. The van der Waals surface area contributed by atoms with Gasteiger partial charge in [-0.3, -0.25) is 4.98 Å². The molecule has 3 heterocycles. The number of carboxylic acids is 1. The minimum absolute atomic E-state index is 0.409. The zero-order chi connectivity index (χ0) is 20.5. The van der Waals surface area contributed by atoms with Gasteiger partial charge in [-0.1, -0.05) is 55.7 Å². The summed E-state index contributed by atoms with van der Waals surface area (Å²) in [5.41, 5.74) is 5.75. The molecule has 0 spiro atoms. The second kappa shape index (κ2) is 8.07. The first-order chi connectivity index (χ1) is 14.7. The maximum absolute atomic E-state index is 11.8. The van der Waals surface area contributed by atoms with Crippen molar-refractivity contribution < 1.29 is 9.90 Å². The molecule has 1 aromatic carbocycles. The van der Waals surface area contributed by atoms with E-state index in [2.05, 4.69) is 33.8 Å². The average molecular weight is 417 g/mol. The van der Waals surface area contributed by atoms with Crippen molar-refractivity contribution in [3.05, 3.63) is 76.9 Å². The Morgan fingerprint density at radius 2 is 1.83 bits per heavy atom. The van der Waals surface area contributed by atoms with Crippen LogP contribution in [0.5, 0.6) is 0 Å². The Bertz CT molecular complexity index is 1170. The van der Waals surface area contributed by atoms with Crippen LogP contribution in [0.25, 0.3) is 21.5 Å². The summed E-state index contributed by atoms with van der Waals surface area (Å²) in [7, 11) is 0. The Balaban J connectivity index is 1.78. The van der Waals surface area contributed by atoms with E-state index in [-0.39, 0.29) is 0 Å². The summed E-state index contributed by atoms with van der Waals surface area (Å²) in [5.74, 6) is -0.377. The summed E-state index contributed by atoms with van der Waals surface area (Å²) >= 11 is 1.43. The number of carbonyl (C=O) groups is 1. The van der Waals surface area contributed by atoms with Crippen LogP contribution in [0.15, 0.2) is 60.8 Å². The Hall–Kier alpha value is -2.92. The molecule has 152 valence electrons. The minimum Gasteiger partial charge on any atom is -0.477 e. The fourth-order valence-electron chi connectivity index (χ4n) is 4.75. The zero-order valence-corrected chi connectivity index (χ0v) is 17.6. The fraction of sp³-hybridized carbons (Fsp3) is 0.280. The third kappa shape index (κ3) is 3.43. The van der Waals surface area contributed by atoms with Crippen LogP contribution in [0.2, 0.25) is 0 Å². The quantitative estimate of drug-likeness (QED) is 0.401. The molecule has 3 aromatic heterocycles. The van der Waals surface area contributed by atoms with Crippen LogP contribution in [0, 0.1) is 0 Å². The van der Waals surface area contributed by atoms with Gasteiger partial charge in [0.15, 0.2) is 0 Å². The molecule has 0 saturated heterocycles. The molecule has 0 amide bonds. The molecule has 1 fully saturated rings. The van der Waals surface area contributed by atoms with E-state index in [4.69, 9.17) is 0 Å². The van der Waals surface area contributed by atoms with Crippen molar-refractivity contribution >= 4 is 27.5 Å². The molecule has 0 unspecified atom stereocenters. The number of aromatic nitrogens is 2. The number of pyridine rings is 1. The molecule has 4 nitrogen and oxygen atoms in total. The number of thiophene rings is 1. The van der Waals surface area contributed by atoms with Gasteiger partial charge in [-0.25, -0.2) is 4.79 Å². The van der Waals surface area contributed by atoms with E-state index < -0.39 is 5.97 Å². The maximum atomic E-state index is 11.8. The standard InChI is InChI=1S/C25H24N2O2S/c28-25(29)21-15-20-24(30-21)22(17-9-3-1-4-10-17)23(18-11-5-2-6-12-18)27(20)16-19-13-7-8-14-26-19/h2,5-8,11-15,17H,1,3-4,9-10,16H2,(H,28,29). The summed E-state index contributed by atoms with van der Waals surface area (Å²) in [6.07, 6.45) is 7.92. The molecule has 4 aromatic rings. The van der Waals surface area contributed by atoms with Crippen molar-refractivity contribution in [2.45, 2.75) is 44.6 Å². The molecular formula is C25H24N2O2S. The van der Waals surface area contributed by atoms with Gasteiger partial charge >= 0.3 is 5.97 Å². The molecule has 5 rings (SSSR count). The van der Waals surface area contributed by atoms with Crippen molar-refractivity contribution in [1.29, 1.82) is 0 Å². The van der Waals surface area contributed by atoms with E-state index in [1.807, 2.05) is 36.5 Å². The van der Waals surface area contributed by atoms with Crippen LogP contribution in [0.1, 0.15) is 59.0 Å². The summed E-state index contributed by atoms with van der Waals surface area (Å²) in [6.45, 7) is 0.629. The van der Waals surface area contributed by atoms with Gasteiger partial charge in [0.25, 0.3) is 0 Å². The van der Waals surface area contributed by atoms with Gasteiger partial charge < -0.3 is 9.67 Å². The molecule has 1 aliphatic rings. The molecule has 1 saturated carbocycles. The van der Waals surface area contributed by atoms with Gasteiger partial charge in [0, 0.05) is 6.20 Å². The zero-order valence-electron chi connectivity index (χ0n) is 16.8. The highest BCUT2D eigenvalue weighted by molar-refractivity contribution is 7.21. The Morgan fingerprint density at radius 1 is 1.07 bits per heavy atom. The number of carboxylic acid groups (broad SMARTS) is 1. The molecule has 1 aliphatic carbocycles. The number of benzene rings is 1. The third-order valence-electron chi connectivity index (χ3n) is 6.09. The van der Waals surface area contributed by atoms with E-state index in [0.29, 0.717) is 17.3 Å². The van der Waals surface area contributed by atoms with Crippen molar-refractivity contribution in [1.82, 2.24) is 9.55 Å². The normalized spacial score (nSPS) is 14.9.